The van der Waals surface area contributed by atoms with E-state index < -0.39 is 18.5 Å². The van der Waals surface area contributed by atoms with Crippen molar-refractivity contribution in [3.63, 3.8) is 0 Å². The van der Waals surface area contributed by atoms with Gasteiger partial charge in [0.05, 0.1) is 0 Å². The molecule has 0 saturated carbocycles. The molecule has 0 bridgehead atoms. The second-order valence-electron chi connectivity index (χ2n) is 7.86. The molecule has 0 atom stereocenters. The lowest BCUT2D eigenvalue weighted by atomic mass is 10.0. The van der Waals surface area contributed by atoms with E-state index in [2.05, 4.69) is 5.32 Å². The molecule has 7 nitrogen and oxygen atoms in total. The molecule has 0 aromatic carbocycles. The number of hydrogen-bond donors (Lipinski definition) is 1. The third kappa shape index (κ3) is 6.87. The molecular weight excluding hydrogens is 377 g/mol. The number of likely N-dealkylation sites (tertiary alicyclic amines) is 1. The topological polar surface area (TPSA) is 73.0 Å². The van der Waals surface area contributed by atoms with E-state index in [0.29, 0.717) is 38.3 Å². The van der Waals surface area contributed by atoms with Crippen LogP contribution in [0.4, 0.5) is 18.0 Å². The van der Waals surface area contributed by atoms with Crippen molar-refractivity contribution in [2.45, 2.75) is 51.7 Å². The first-order chi connectivity index (χ1) is 13.0. The number of piperidine rings is 1. The van der Waals surface area contributed by atoms with Crippen molar-refractivity contribution in [2.75, 3.05) is 39.3 Å². The average Bonchev–Trinajstić information content (AvgIpc) is 2.60. The Morgan fingerprint density at radius 3 is 1.89 bits per heavy atom. The molecule has 0 spiro atoms. The van der Waals surface area contributed by atoms with Gasteiger partial charge in [0.15, 0.2) is 0 Å². The van der Waals surface area contributed by atoms with Crippen LogP contribution in [0.3, 0.4) is 0 Å². The molecule has 0 aromatic rings. The van der Waals surface area contributed by atoms with Gasteiger partial charge in [-0.05, 0) is 18.8 Å². The molecule has 0 aromatic heterocycles. The number of carbonyl (C=O) groups is 3. The van der Waals surface area contributed by atoms with Crippen molar-refractivity contribution >= 4 is 17.8 Å². The Bertz CT molecular complexity index is 567. The summed E-state index contributed by atoms with van der Waals surface area (Å²) < 4.78 is 37.0. The second-order valence-corrected chi connectivity index (χ2v) is 7.86. The molecule has 2 saturated heterocycles. The predicted molar refractivity (Wildman–Crippen MR) is 96.4 cm³/mol. The summed E-state index contributed by atoms with van der Waals surface area (Å²) in [6.45, 7) is 5.84. The maximum Gasteiger partial charge on any atom is 0.397 e. The summed E-state index contributed by atoms with van der Waals surface area (Å²) in [4.78, 5) is 40.6. The third-order valence-electron chi connectivity index (χ3n) is 5.03. The Labute approximate surface area is 163 Å². The van der Waals surface area contributed by atoms with Gasteiger partial charge in [0.2, 0.25) is 11.8 Å². The van der Waals surface area contributed by atoms with Crippen molar-refractivity contribution in [3.8, 4) is 0 Å². The molecule has 160 valence electrons. The largest absolute Gasteiger partial charge is 0.397 e. The molecule has 2 aliphatic heterocycles. The maximum absolute atomic E-state index is 12.4. The highest BCUT2D eigenvalue weighted by molar-refractivity contribution is 5.78. The zero-order valence-electron chi connectivity index (χ0n) is 16.4. The number of piperazine rings is 1. The Morgan fingerprint density at radius 2 is 1.39 bits per heavy atom. The fraction of sp³-hybridized carbons (Fsp3) is 0.833. The van der Waals surface area contributed by atoms with E-state index in [4.69, 9.17) is 0 Å². The van der Waals surface area contributed by atoms with Gasteiger partial charge >= 0.3 is 12.2 Å². The molecular formula is C18H29F3N4O3. The average molecular weight is 406 g/mol. The number of nitrogens with one attached hydrogen (secondary N) is 1. The van der Waals surface area contributed by atoms with Crippen LogP contribution < -0.4 is 5.32 Å². The molecule has 28 heavy (non-hydrogen) atoms. The van der Waals surface area contributed by atoms with Crippen molar-refractivity contribution < 1.29 is 27.6 Å². The summed E-state index contributed by atoms with van der Waals surface area (Å²) in [5, 5.41) is 2.94. The van der Waals surface area contributed by atoms with Gasteiger partial charge in [-0.2, -0.15) is 13.2 Å². The molecule has 2 heterocycles. The minimum Gasteiger partial charge on any atom is -0.343 e. The molecule has 2 fully saturated rings. The highest BCUT2D eigenvalue weighted by atomic mass is 19.4. The van der Waals surface area contributed by atoms with Crippen molar-refractivity contribution in [2.24, 2.45) is 5.92 Å². The van der Waals surface area contributed by atoms with Crippen LogP contribution >= 0.6 is 0 Å². The molecule has 10 heteroatoms. The van der Waals surface area contributed by atoms with Gasteiger partial charge in [0.1, 0.15) is 6.42 Å². The number of nitrogens with zero attached hydrogens (tertiary/aromatic N) is 3. The van der Waals surface area contributed by atoms with Crippen molar-refractivity contribution in [3.05, 3.63) is 0 Å². The number of hydrogen-bond acceptors (Lipinski definition) is 3. The van der Waals surface area contributed by atoms with Crippen LogP contribution in [0.2, 0.25) is 0 Å². The Balaban J connectivity index is 1.71. The van der Waals surface area contributed by atoms with E-state index in [-0.39, 0.29) is 44.2 Å². The third-order valence-corrected chi connectivity index (χ3v) is 5.03. The van der Waals surface area contributed by atoms with Crippen LogP contribution in [-0.2, 0) is 9.59 Å². The summed E-state index contributed by atoms with van der Waals surface area (Å²) in [5.41, 5.74) is 0. The summed E-state index contributed by atoms with van der Waals surface area (Å²) in [7, 11) is 0. The quantitative estimate of drug-likeness (QED) is 0.774. The smallest absolute Gasteiger partial charge is 0.343 e. The van der Waals surface area contributed by atoms with Gasteiger partial charge in [-0.25, -0.2) is 4.79 Å². The number of urea groups is 1. The van der Waals surface area contributed by atoms with E-state index in [9.17, 15) is 27.6 Å². The van der Waals surface area contributed by atoms with Gasteiger partial charge in [0, 0.05) is 51.7 Å². The molecule has 2 rings (SSSR count). The summed E-state index contributed by atoms with van der Waals surface area (Å²) in [6, 6.07) is -0.296. The zero-order chi connectivity index (χ0) is 20.9. The van der Waals surface area contributed by atoms with E-state index in [1.54, 1.807) is 0 Å². The Morgan fingerprint density at radius 1 is 0.893 bits per heavy atom. The Hall–Kier alpha value is -2.00. The molecule has 0 unspecified atom stereocenters. The summed E-state index contributed by atoms with van der Waals surface area (Å²) in [6.07, 6.45) is -4.10. The van der Waals surface area contributed by atoms with E-state index in [0.717, 1.165) is 4.90 Å². The first-order valence-electron chi connectivity index (χ1n) is 9.73. The van der Waals surface area contributed by atoms with Crippen LogP contribution in [0.1, 0.15) is 39.5 Å². The van der Waals surface area contributed by atoms with E-state index in [1.807, 2.05) is 18.7 Å². The lowest BCUT2D eigenvalue weighted by Crippen LogP contribution is -2.56. The van der Waals surface area contributed by atoms with Crippen LogP contribution in [-0.4, -0.2) is 84.0 Å². The van der Waals surface area contributed by atoms with Gasteiger partial charge in [-0.3, -0.25) is 9.59 Å². The van der Waals surface area contributed by atoms with E-state index >= 15 is 0 Å². The SMILES string of the molecule is CC(C)CC(=O)N1CCC(NC(=O)N2CCN(C(=O)CC(F)(F)F)CC2)CC1. The number of carbonyl (C=O) groups excluding carboxylic acids is 3. The van der Waals surface area contributed by atoms with Crippen LogP contribution in [0, 0.1) is 5.92 Å². The van der Waals surface area contributed by atoms with Crippen molar-refractivity contribution in [1.82, 2.24) is 20.0 Å². The normalized spacial score (nSPS) is 19.1. The van der Waals surface area contributed by atoms with Crippen LogP contribution in [0.15, 0.2) is 0 Å². The predicted octanol–water partition coefficient (Wildman–Crippen LogP) is 1.83. The number of amides is 4. The highest BCUT2D eigenvalue weighted by Gasteiger charge is 2.35. The lowest BCUT2D eigenvalue weighted by Gasteiger charge is -2.37. The summed E-state index contributed by atoms with van der Waals surface area (Å²) in [5.74, 6) is -0.503. The Kier molecular flexibility index (Phi) is 7.54. The van der Waals surface area contributed by atoms with Crippen LogP contribution in [0.5, 0.6) is 0 Å². The fourth-order valence-corrected chi connectivity index (χ4v) is 3.46. The fourth-order valence-electron chi connectivity index (χ4n) is 3.46. The van der Waals surface area contributed by atoms with Gasteiger partial charge in [-0.1, -0.05) is 13.8 Å². The summed E-state index contributed by atoms with van der Waals surface area (Å²) >= 11 is 0. The minimum absolute atomic E-state index is 0.0273. The first kappa shape index (κ1) is 22.3. The standard InChI is InChI=1S/C18H29F3N4O3/c1-13(2)11-15(26)23-5-3-14(4-6-23)22-17(28)25-9-7-24(8-10-25)16(27)12-18(19,20)21/h13-14H,3-12H2,1-2H3,(H,22,28). The van der Waals surface area contributed by atoms with E-state index in [1.165, 1.54) is 4.90 Å². The lowest BCUT2D eigenvalue weighted by molar-refractivity contribution is -0.162. The molecule has 0 radical (unpaired) electrons. The minimum atomic E-state index is -4.52. The van der Waals surface area contributed by atoms with Crippen LogP contribution in [0.25, 0.3) is 0 Å². The maximum atomic E-state index is 12.4. The number of rotatable bonds is 4. The molecule has 4 amide bonds. The number of alkyl halides is 3. The number of halogens is 3. The zero-order valence-corrected chi connectivity index (χ0v) is 16.4. The molecule has 0 aliphatic carbocycles. The monoisotopic (exact) mass is 406 g/mol. The molecule has 2 aliphatic rings. The van der Waals surface area contributed by atoms with Gasteiger partial charge in [-0.15, -0.1) is 0 Å². The van der Waals surface area contributed by atoms with Crippen molar-refractivity contribution in [1.29, 1.82) is 0 Å². The highest BCUT2D eigenvalue weighted by Crippen LogP contribution is 2.21. The first-order valence-corrected chi connectivity index (χ1v) is 9.73. The van der Waals surface area contributed by atoms with Gasteiger partial charge in [0.25, 0.3) is 0 Å². The second kappa shape index (κ2) is 9.47. The van der Waals surface area contributed by atoms with Gasteiger partial charge < -0.3 is 20.0 Å². The molecule has 1 N–H and O–H groups in total.